The van der Waals surface area contributed by atoms with E-state index >= 15 is 0 Å². The minimum atomic E-state index is -0.212. The fourth-order valence-electron chi connectivity index (χ4n) is 3.57. The van der Waals surface area contributed by atoms with Crippen molar-refractivity contribution in [3.05, 3.63) is 59.1 Å². The average Bonchev–Trinajstić information content (AvgIpc) is 3.45. The molecule has 0 spiro atoms. The fraction of sp³-hybridized carbons (Fsp3) is 0.250. The van der Waals surface area contributed by atoms with Crippen LogP contribution in [0, 0.1) is 6.92 Å². The summed E-state index contributed by atoms with van der Waals surface area (Å²) in [7, 11) is 0. The molecule has 7 nitrogen and oxygen atoms in total. The Balaban J connectivity index is 1.43. The summed E-state index contributed by atoms with van der Waals surface area (Å²) in [4.78, 5) is 23.7. The van der Waals surface area contributed by atoms with Gasteiger partial charge in [-0.1, -0.05) is 6.07 Å². The van der Waals surface area contributed by atoms with Crippen LogP contribution in [0.1, 0.15) is 40.1 Å². The zero-order valence-electron chi connectivity index (χ0n) is 15.2. The molecule has 1 aliphatic rings. The number of aromatic nitrogens is 4. The Labute approximate surface area is 165 Å². The highest BCUT2D eigenvalue weighted by Crippen LogP contribution is 2.34. The van der Waals surface area contributed by atoms with Gasteiger partial charge >= 0.3 is 0 Å². The molecule has 1 saturated heterocycles. The molecule has 1 atom stereocenters. The Bertz CT molecular complexity index is 1150. The van der Waals surface area contributed by atoms with Crippen LogP contribution in [0.3, 0.4) is 0 Å². The second kappa shape index (κ2) is 6.79. The van der Waals surface area contributed by atoms with Crippen molar-refractivity contribution >= 4 is 27.5 Å². The number of benzene rings is 1. The van der Waals surface area contributed by atoms with E-state index < -0.39 is 0 Å². The predicted molar refractivity (Wildman–Crippen MR) is 105 cm³/mol. The lowest BCUT2D eigenvalue weighted by Gasteiger charge is -2.22. The predicted octanol–water partition coefficient (Wildman–Crippen LogP) is 4.03. The van der Waals surface area contributed by atoms with Crippen molar-refractivity contribution in [1.29, 1.82) is 0 Å². The van der Waals surface area contributed by atoms with E-state index in [1.54, 1.807) is 17.5 Å². The number of carbonyl (C=O) groups excluding carboxylic acids is 1. The highest BCUT2D eigenvalue weighted by molar-refractivity contribution is 7.18. The van der Waals surface area contributed by atoms with Crippen molar-refractivity contribution in [2.24, 2.45) is 0 Å². The van der Waals surface area contributed by atoms with Gasteiger partial charge in [0.05, 0.1) is 15.2 Å². The maximum atomic E-state index is 13.2. The molecule has 1 aliphatic heterocycles. The van der Waals surface area contributed by atoms with Gasteiger partial charge in [0.25, 0.3) is 11.8 Å². The molecule has 0 N–H and O–H groups in total. The fourth-order valence-corrected chi connectivity index (χ4v) is 4.43. The molecule has 5 rings (SSSR count). The summed E-state index contributed by atoms with van der Waals surface area (Å²) in [5.41, 5.74) is 2.21. The van der Waals surface area contributed by atoms with E-state index in [1.807, 2.05) is 48.2 Å². The summed E-state index contributed by atoms with van der Waals surface area (Å²) in [6.45, 7) is 2.64. The number of amides is 1. The maximum absolute atomic E-state index is 13.2. The number of rotatable bonds is 3. The minimum absolute atomic E-state index is 0.0203. The number of thiazole rings is 1. The number of nitrogens with zero attached hydrogens (tertiary/aromatic N) is 5. The lowest BCUT2D eigenvalue weighted by molar-refractivity contribution is 0.0716. The molecule has 4 heterocycles. The van der Waals surface area contributed by atoms with Gasteiger partial charge in [-0.3, -0.25) is 9.78 Å². The molecule has 1 amide bonds. The number of carbonyl (C=O) groups is 1. The highest BCUT2D eigenvalue weighted by Gasteiger charge is 2.34. The van der Waals surface area contributed by atoms with E-state index in [0.29, 0.717) is 29.6 Å². The van der Waals surface area contributed by atoms with Gasteiger partial charge in [0.1, 0.15) is 11.7 Å². The van der Waals surface area contributed by atoms with Crippen molar-refractivity contribution in [2.45, 2.75) is 25.8 Å². The summed E-state index contributed by atoms with van der Waals surface area (Å²) in [5.74, 6) is 0.811. The van der Waals surface area contributed by atoms with E-state index in [0.717, 1.165) is 28.1 Å². The third-order valence-corrected chi connectivity index (χ3v) is 5.80. The Morgan fingerprint density at radius 3 is 3.04 bits per heavy atom. The molecule has 0 saturated carbocycles. The Kier molecular flexibility index (Phi) is 4.12. The molecule has 4 aromatic rings. The van der Waals surface area contributed by atoms with Crippen molar-refractivity contribution in [3.8, 4) is 11.6 Å². The van der Waals surface area contributed by atoms with E-state index in [4.69, 9.17) is 4.42 Å². The van der Waals surface area contributed by atoms with Crippen LogP contribution in [-0.2, 0) is 0 Å². The average molecular weight is 391 g/mol. The topological polar surface area (TPSA) is 85.0 Å². The third-order valence-electron chi connectivity index (χ3n) is 4.87. The number of pyridine rings is 1. The van der Waals surface area contributed by atoms with Crippen LogP contribution < -0.4 is 0 Å². The second-order valence-electron chi connectivity index (χ2n) is 6.73. The monoisotopic (exact) mass is 391 g/mol. The van der Waals surface area contributed by atoms with Crippen LogP contribution in [0.5, 0.6) is 0 Å². The lowest BCUT2D eigenvalue weighted by atomic mass is 10.1. The molecule has 0 aliphatic carbocycles. The van der Waals surface area contributed by atoms with Crippen molar-refractivity contribution < 1.29 is 9.21 Å². The van der Waals surface area contributed by atoms with Gasteiger partial charge in [-0.05, 0) is 50.1 Å². The van der Waals surface area contributed by atoms with E-state index in [1.165, 1.54) is 0 Å². The molecule has 0 radical (unpaired) electrons. The van der Waals surface area contributed by atoms with Crippen molar-refractivity contribution in [1.82, 2.24) is 25.1 Å². The van der Waals surface area contributed by atoms with E-state index in [9.17, 15) is 4.79 Å². The van der Waals surface area contributed by atoms with E-state index in [2.05, 4.69) is 20.2 Å². The number of likely N-dealkylation sites (tertiary alicyclic amines) is 1. The molecule has 0 bridgehead atoms. The van der Waals surface area contributed by atoms with Gasteiger partial charge < -0.3 is 9.32 Å². The molecule has 1 fully saturated rings. The molecular formula is C20H17N5O2S. The Morgan fingerprint density at radius 2 is 2.18 bits per heavy atom. The maximum Gasteiger partial charge on any atom is 0.266 e. The molecule has 0 unspecified atom stereocenters. The first-order chi connectivity index (χ1) is 13.7. The molecular weight excluding hydrogens is 374 g/mol. The van der Waals surface area contributed by atoms with Crippen LogP contribution >= 0.6 is 11.3 Å². The molecule has 140 valence electrons. The van der Waals surface area contributed by atoms with Gasteiger partial charge in [-0.25, -0.2) is 4.98 Å². The van der Waals surface area contributed by atoms with Gasteiger partial charge in [0.2, 0.25) is 5.89 Å². The van der Waals surface area contributed by atoms with Crippen LogP contribution in [0.4, 0.5) is 0 Å². The van der Waals surface area contributed by atoms with Crippen LogP contribution in [0.2, 0.25) is 0 Å². The smallest absolute Gasteiger partial charge is 0.266 e. The van der Waals surface area contributed by atoms with Crippen LogP contribution in [-0.4, -0.2) is 37.5 Å². The largest absolute Gasteiger partial charge is 0.417 e. The number of hydrogen-bond acceptors (Lipinski definition) is 7. The van der Waals surface area contributed by atoms with Crippen LogP contribution in [0.25, 0.3) is 21.8 Å². The first kappa shape index (κ1) is 17.0. The summed E-state index contributed by atoms with van der Waals surface area (Å²) in [6.07, 6.45) is 3.39. The normalized spacial score (nSPS) is 16.8. The standard InChI is InChI=1S/C20H17N5O2S/c1-12-22-14-8-7-13(11-17(14)28-12)20(26)25-10-4-6-16(25)19-24-23-18(27-19)15-5-2-3-9-21-15/h2-3,5,7-9,11,16H,4,6,10H2,1H3/t16-/m1/s1. The van der Waals surface area contributed by atoms with Gasteiger partial charge in [0.15, 0.2) is 0 Å². The van der Waals surface area contributed by atoms with Gasteiger partial charge in [-0.15, -0.1) is 21.5 Å². The minimum Gasteiger partial charge on any atom is -0.417 e. The quantitative estimate of drug-likeness (QED) is 0.524. The van der Waals surface area contributed by atoms with E-state index in [-0.39, 0.29) is 11.9 Å². The first-order valence-corrected chi connectivity index (χ1v) is 9.94. The summed E-state index contributed by atoms with van der Waals surface area (Å²) in [6, 6.07) is 11.0. The first-order valence-electron chi connectivity index (χ1n) is 9.12. The second-order valence-corrected chi connectivity index (χ2v) is 7.97. The van der Waals surface area contributed by atoms with Gasteiger partial charge in [0, 0.05) is 18.3 Å². The summed E-state index contributed by atoms with van der Waals surface area (Å²) >= 11 is 1.59. The zero-order valence-corrected chi connectivity index (χ0v) is 16.0. The van der Waals surface area contributed by atoms with Crippen molar-refractivity contribution in [3.63, 3.8) is 0 Å². The van der Waals surface area contributed by atoms with Crippen molar-refractivity contribution in [2.75, 3.05) is 6.54 Å². The molecule has 8 heteroatoms. The number of fused-ring (bicyclic) bond motifs is 1. The third kappa shape index (κ3) is 2.95. The Morgan fingerprint density at radius 1 is 1.25 bits per heavy atom. The lowest BCUT2D eigenvalue weighted by Crippen LogP contribution is -2.30. The van der Waals surface area contributed by atoms with Crippen LogP contribution in [0.15, 0.2) is 47.0 Å². The molecule has 28 heavy (non-hydrogen) atoms. The number of hydrogen-bond donors (Lipinski definition) is 0. The number of aryl methyl sites for hydroxylation is 1. The summed E-state index contributed by atoms with van der Waals surface area (Å²) < 4.78 is 6.88. The van der Waals surface area contributed by atoms with Gasteiger partial charge in [-0.2, -0.15) is 0 Å². The SMILES string of the molecule is Cc1nc2ccc(C(=O)N3CCC[C@@H]3c3nnc(-c4ccccn4)o3)cc2s1. The Hall–Kier alpha value is -3.13. The summed E-state index contributed by atoms with van der Waals surface area (Å²) in [5, 5.41) is 9.31. The highest BCUT2D eigenvalue weighted by atomic mass is 32.1. The molecule has 3 aromatic heterocycles. The zero-order chi connectivity index (χ0) is 19.1. The molecule has 1 aromatic carbocycles.